The van der Waals surface area contributed by atoms with Crippen molar-refractivity contribution in [1.29, 1.82) is 0 Å². The van der Waals surface area contributed by atoms with E-state index in [-0.39, 0.29) is 35.1 Å². The average molecular weight is 497 g/mol. The first-order valence-corrected chi connectivity index (χ1v) is 10.5. The predicted molar refractivity (Wildman–Crippen MR) is 121 cm³/mol. The Morgan fingerprint density at radius 2 is 1.72 bits per heavy atom. The van der Waals surface area contributed by atoms with Crippen LogP contribution in [0.3, 0.4) is 0 Å². The van der Waals surface area contributed by atoms with Crippen LogP contribution >= 0.6 is 0 Å². The summed E-state index contributed by atoms with van der Waals surface area (Å²) in [6, 6.07) is 14.7. The fourth-order valence-electron chi connectivity index (χ4n) is 3.56. The van der Waals surface area contributed by atoms with Crippen molar-refractivity contribution in [3.8, 4) is 34.1 Å². The number of halogens is 4. The number of phenols is 1. The molecule has 0 aliphatic rings. The molecule has 5 aromatic rings. The first-order chi connectivity index (χ1) is 17.2. The van der Waals surface area contributed by atoms with Crippen molar-refractivity contribution in [3.63, 3.8) is 0 Å². The number of ether oxygens (including phenoxy) is 1. The van der Waals surface area contributed by atoms with Gasteiger partial charge in [0.15, 0.2) is 0 Å². The lowest BCUT2D eigenvalue weighted by molar-refractivity contribution is -0.137. The Hall–Kier alpha value is -4.60. The van der Waals surface area contributed by atoms with E-state index in [4.69, 9.17) is 13.6 Å². The van der Waals surface area contributed by atoms with Crippen LogP contribution in [-0.4, -0.2) is 10.1 Å². The van der Waals surface area contributed by atoms with Gasteiger partial charge in [0.1, 0.15) is 41.5 Å². The summed E-state index contributed by atoms with van der Waals surface area (Å²) in [4.78, 5) is 16.5. The zero-order chi connectivity index (χ0) is 25.4. The second-order valence-electron chi connectivity index (χ2n) is 7.85. The number of aromatic nitrogens is 1. The maximum absolute atomic E-state index is 13.7. The third kappa shape index (κ3) is 4.78. The molecule has 0 aliphatic carbocycles. The van der Waals surface area contributed by atoms with Crippen LogP contribution in [0.4, 0.5) is 17.6 Å². The molecule has 3 aromatic carbocycles. The minimum atomic E-state index is -4.72. The topological polar surface area (TPSA) is 85.7 Å². The highest BCUT2D eigenvalue weighted by atomic mass is 19.4. The van der Waals surface area contributed by atoms with E-state index in [1.54, 1.807) is 30.3 Å². The summed E-state index contributed by atoms with van der Waals surface area (Å²) in [5.41, 5.74) is -0.430. The molecule has 36 heavy (non-hydrogen) atoms. The van der Waals surface area contributed by atoms with Crippen LogP contribution in [0.15, 0.2) is 86.6 Å². The summed E-state index contributed by atoms with van der Waals surface area (Å²) < 4.78 is 68.8. The average Bonchev–Trinajstić information content (AvgIpc) is 3.31. The lowest BCUT2D eigenvalue weighted by Crippen LogP contribution is -2.05. The second-order valence-corrected chi connectivity index (χ2v) is 7.85. The molecule has 0 fully saturated rings. The van der Waals surface area contributed by atoms with Crippen LogP contribution in [-0.2, 0) is 12.8 Å². The van der Waals surface area contributed by atoms with Crippen molar-refractivity contribution in [3.05, 3.63) is 100 Å². The van der Waals surface area contributed by atoms with E-state index in [0.717, 1.165) is 12.1 Å². The highest BCUT2D eigenvalue weighted by Gasteiger charge is 2.32. The molecule has 6 nitrogen and oxygen atoms in total. The molecule has 0 aliphatic heterocycles. The predicted octanol–water partition coefficient (Wildman–Crippen LogP) is 6.56. The van der Waals surface area contributed by atoms with Gasteiger partial charge in [-0.1, -0.05) is 12.1 Å². The molecule has 0 saturated heterocycles. The van der Waals surface area contributed by atoms with Gasteiger partial charge in [-0.3, -0.25) is 0 Å². The molecular weight excluding hydrogens is 482 g/mol. The van der Waals surface area contributed by atoms with E-state index < -0.39 is 23.2 Å². The Balaban J connectivity index is 1.34. The molecule has 5 rings (SSSR count). The van der Waals surface area contributed by atoms with Crippen LogP contribution in [0.25, 0.3) is 33.6 Å². The summed E-state index contributed by atoms with van der Waals surface area (Å²) in [6.45, 7) is -0.105. The van der Waals surface area contributed by atoms with E-state index in [2.05, 4.69) is 4.98 Å². The van der Waals surface area contributed by atoms with Gasteiger partial charge in [-0.25, -0.2) is 14.2 Å². The number of nitrogens with zero attached hydrogens (tertiary/aromatic N) is 1. The van der Waals surface area contributed by atoms with Crippen LogP contribution in [0.5, 0.6) is 11.5 Å². The molecule has 0 radical (unpaired) electrons. The summed E-state index contributed by atoms with van der Waals surface area (Å²) in [7, 11) is 0. The molecule has 0 saturated carbocycles. The fraction of sp³-hybridized carbons (Fsp3) is 0.0769. The molecular formula is C26H15F4NO5. The molecule has 182 valence electrons. The number of fused-ring (bicyclic) bond motifs is 1. The number of oxazole rings is 1. The highest BCUT2D eigenvalue weighted by Crippen LogP contribution is 2.33. The Labute approximate surface area is 200 Å². The van der Waals surface area contributed by atoms with Gasteiger partial charge in [-0.2, -0.15) is 13.2 Å². The summed E-state index contributed by atoms with van der Waals surface area (Å²) in [6.07, 6.45) is -3.52. The number of phenolic OH excluding ortho intramolecular Hbond substituents is 1. The van der Waals surface area contributed by atoms with Crippen LogP contribution < -0.4 is 10.4 Å². The van der Waals surface area contributed by atoms with Gasteiger partial charge < -0.3 is 18.7 Å². The van der Waals surface area contributed by atoms with Gasteiger partial charge in [0.25, 0.3) is 0 Å². The number of benzene rings is 3. The van der Waals surface area contributed by atoms with E-state index in [9.17, 15) is 27.5 Å². The van der Waals surface area contributed by atoms with Gasteiger partial charge in [0, 0.05) is 17.0 Å². The van der Waals surface area contributed by atoms with E-state index in [1.807, 2.05) is 0 Å². The normalized spacial score (nSPS) is 11.7. The smallest absolute Gasteiger partial charge is 0.416 e. The van der Waals surface area contributed by atoms with Crippen LogP contribution in [0.2, 0.25) is 0 Å². The molecule has 0 bridgehead atoms. The Bertz CT molecular complexity index is 1620. The standard InChI is InChI=1S/C26H15F4NO5/c27-18-8-16(7-17(10-18)26(28,29)30)24-31-19(13-35-24)12-34-21-6-3-15-9-22(25(33)36-23(15)11-21)14-1-4-20(32)5-2-14/h1-11,13,32H,12H2. The van der Waals surface area contributed by atoms with Crippen molar-refractivity contribution >= 4 is 11.0 Å². The maximum Gasteiger partial charge on any atom is 0.416 e. The van der Waals surface area contributed by atoms with Gasteiger partial charge >= 0.3 is 11.8 Å². The molecule has 2 aromatic heterocycles. The highest BCUT2D eigenvalue weighted by molar-refractivity contribution is 5.82. The minimum Gasteiger partial charge on any atom is -0.508 e. The zero-order valence-corrected chi connectivity index (χ0v) is 18.2. The fourth-order valence-corrected chi connectivity index (χ4v) is 3.56. The first-order valence-electron chi connectivity index (χ1n) is 10.5. The zero-order valence-electron chi connectivity index (χ0n) is 18.2. The third-order valence-electron chi connectivity index (χ3n) is 5.30. The number of hydrogen-bond acceptors (Lipinski definition) is 6. The number of aromatic hydroxyl groups is 1. The Kier molecular flexibility index (Phi) is 5.71. The molecule has 0 atom stereocenters. The molecule has 10 heteroatoms. The van der Waals surface area contributed by atoms with Crippen molar-refractivity contribution in [2.24, 2.45) is 0 Å². The van der Waals surface area contributed by atoms with Gasteiger partial charge in [-0.05, 0) is 54.1 Å². The molecule has 0 amide bonds. The van der Waals surface area contributed by atoms with E-state index in [1.165, 1.54) is 24.5 Å². The third-order valence-corrected chi connectivity index (χ3v) is 5.30. The largest absolute Gasteiger partial charge is 0.508 e. The van der Waals surface area contributed by atoms with Crippen LogP contribution in [0.1, 0.15) is 11.3 Å². The van der Waals surface area contributed by atoms with E-state index in [0.29, 0.717) is 28.3 Å². The SMILES string of the molecule is O=c1oc2cc(OCc3coc(-c4cc(F)cc(C(F)(F)F)c4)n3)ccc2cc1-c1ccc(O)cc1. The molecule has 1 N–H and O–H groups in total. The van der Waals surface area contributed by atoms with Gasteiger partial charge in [0.2, 0.25) is 5.89 Å². The summed E-state index contributed by atoms with van der Waals surface area (Å²) in [5.74, 6) is -0.837. The molecule has 2 heterocycles. The van der Waals surface area contributed by atoms with Gasteiger partial charge in [-0.15, -0.1) is 0 Å². The minimum absolute atomic E-state index is 0.0759. The first kappa shape index (κ1) is 23.2. The lowest BCUT2D eigenvalue weighted by atomic mass is 10.1. The van der Waals surface area contributed by atoms with E-state index >= 15 is 0 Å². The lowest BCUT2D eigenvalue weighted by Gasteiger charge is -2.08. The summed E-state index contributed by atoms with van der Waals surface area (Å²) in [5, 5.41) is 10.1. The monoisotopic (exact) mass is 497 g/mol. The van der Waals surface area contributed by atoms with Gasteiger partial charge in [0.05, 0.1) is 11.1 Å². The molecule has 0 spiro atoms. The van der Waals surface area contributed by atoms with Crippen molar-refractivity contribution in [1.82, 2.24) is 4.98 Å². The Morgan fingerprint density at radius 3 is 2.47 bits per heavy atom. The maximum atomic E-state index is 13.7. The second kappa shape index (κ2) is 8.88. The number of rotatable bonds is 5. The Morgan fingerprint density at radius 1 is 0.944 bits per heavy atom. The molecule has 0 unspecified atom stereocenters. The van der Waals surface area contributed by atoms with Crippen molar-refractivity contribution in [2.45, 2.75) is 12.8 Å². The van der Waals surface area contributed by atoms with Crippen LogP contribution in [0, 0.1) is 5.82 Å². The van der Waals surface area contributed by atoms with Crippen molar-refractivity contribution in [2.75, 3.05) is 0 Å². The summed E-state index contributed by atoms with van der Waals surface area (Å²) >= 11 is 0. The quantitative estimate of drug-likeness (QED) is 0.219. The van der Waals surface area contributed by atoms with Crippen molar-refractivity contribution < 1.29 is 36.2 Å². The number of hydrogen-bond donors (Lipinski definition) is 1. The number of alkyl halides is 3.